The van der Waals surface area contributed by atoms with Crippen LogP contribution >= 0.6 is 0 Å². The van der Waals surface area contributed by atoms with Gasteiger partial charge in [0, 0.05) is 38.3 Å². The topological polar surface area (TPSA) is 118 Å². The lowest BCUT2D eigenvalue weighted by molar-refractivity contribution is -0.385. The molecule has 2 aromatic carbocycles. The lowest BCUT2D eigenvalue weighted by atomic mass is 10.2. The molecule has 0 N–H and O–H groups in total. The molecule has 0 bridgehead atoms. The van der Waals surface area contributed by atoms with Crippen molar-refractivity contribution in [2.75, 3.05) is 40.3 Å². The normalized spacial score (nSPS) is 16.1. The van der Waals surface area contributed by atoms with Crippen molar-refractivity contribution in [2.24, 2.45) is 10.2 Å². The smallest absolute Gasteiger partial charge is 0.270 e. The lowest BCUT2D eigenvalue weighted by Gasteiger charge is -2.31. The fraction of sp³-hybridized carbons (Fsp3) is 0.368. The Kier molecular flexibility index (Phi) is 6.75. The van der Waals surface area contributed by atoms with E-state index in [0.29, 0.717) is 31.9 Å². The van der Waals surface area contributed by atoms with E-state index in [0.717, 1.165) is 11.6 Å². The number of methoxy groups -OCH3 is 1. The van der Waals surface area contributed by atoms with Crippen molar-refractivity contribution in [2.45, 2.75) is 11.4 Å². The highest BCUT2D eigenvalue weighted by atomic mass is 32.2. The van der Waals surface area contributed by atoms with Crippen LogP contribution in [0.15, 0.2) is 57.6 Å². The molecule has 0 aliphatic carbocycles. The fourth-order valence-electron chi connectivity index (χ4n) is 3.00. The highest BCUT2D eigenvalue weighted by molar-refractivity contribution is 7.89. The van der Waals surface area contributed by atoms with E-state index >= 15 is 0 Å². The molecule has 0 atom stereocenters. The number of non-ortho nitro benzene ring substituents is 1. The molecule has 0 saturated carbocycles. The van der Waals surface area contributed by atoms with Gasteiger partial charge in [0.25, 0.3) is 5.69 Å². The Morgan fingerprint density at radius 1 is 1.10 bits per heavy atom. The zero-order valence-corrected chi connectivity index (χ0v) is 17.6. The van der Waals surface area contributed by atoms with Crippen LogP contribution in [0, 0.1) is 10.1 Å². The van der Waals surface area contributed by atoms with Crippen LogP contribution in [-0.4, -0.2) is 62.9 Å². The number of piperazine rings is 1. The molecule has 0 aromatic heterocycles. The van der Waals surface area contributed by atoms with Gasteiger partial charge in [0.15, 0.2) is 0 Å². The summed E-state index contributed by atoms with van der Waals surface area (Å²) in [7, 11) is -0.456. The number of benzene rings is 2. The van der Waals surface area contributed by atoms with Crippen LogP contribution in [0.2, 0.25) is 0 Å². The SMILES string of the molecule is COc1ccc(CN=Nc2ccc([N+](=O)[O-])cc2S(=O)(=O)N2CCN(C)CC2)cc1. The quantitative estimate of drug-likeness (QED) is 0.376. The summed E-state index contributed by atoms with van der Waals surface area (Å²) in [4.78, 5) is 12.4. The first kappa shape index (κ1) is 21.8. The number of sulfonamides is 1. The summed E-state index contributed by atoms with van der Waals surface area (Å²) in [6.07, 6.45) is 0. The fourth-order valence-corrected chi connectivity index (χ4v) is 4.56. The second-order valence-electron chi connectivity index (χ2n) is 6.86. The average Bonchev–Trinajstić information content (AvgIpc) is 2.74. The van der Waals surface area contributed by atoms with E-state index in [-0.39, 0.29) is 22.8 Å². The Labute approximate surface area is 175 Å². The molecule has 1 aliphatic rings. The first-order valence-electron chi connectivity index (χ1n) is 9.29. The van der Waals surface area contributed by atoms with Crippen molar-refractivity contribution in [3.8, 4) is 5.75 Å². The minimum Gasteiger partial charge on any atom is -0.497 e. The number of nitro benzene ring substituents is 1. The van der Waals surface area contributed by atoms with E-state index in [9.17, 15) is 18.5 Å². The van der Waals surface area contributed by atoms with Crippen molar-refractivity contribution >= 4 is 21.4 Å². The molecule has 11 heteroatoms. The van der Waals surface area contributed by atoms with Gasteiger partial charge in [-0.3, -0.25) is 10.1 Å². The summed E-state index contributed by atoms with van der Waals surface area (Å²) < 4.78 is 32.8. The maximum Gasteiger partial charge on any atom is 0.270 e. The van der Waals surface area contributed by atoms with E-state index in [2.05, 4.69) is 10.2 Å². The molecule has 0 radical (unpaired) electrons. The van der Waals surface area contributed by atoms with Crippen LogP contribution in [0.3, 0.4) is 0 Å². The van der Waals surface area contributed by atoms with Crippen LogP contribution in [0.4, 0.5) is 11.4 Å². The molecule has 0 unspecified atom stereocenters. The Morgan fingerprint density at radius 2 is 1.77 bits per heavy atom. The highest BCUT2D eigenvalue weighted by Gasteiger charge is 2.31. The first-order valence-corrected chi connectivity index (χ1v) is 10.7. The molecule has 160 valence electrons. The molecule has 1 heterocycles. The molecule has 1 saturated heterocycles. The number of ether oxygens (including phenoxy) is 1. The lowest BCUT2D eigenvalue weighted by Crippen LogP contribution is -2.47. The van der Waals surface area contributed by atoms with Crippen LogP contribution < -0.4 is 4.74 Å². The van der Waals surface area contributed by atoms with E-state index in [1.807, 2.05) is 24.1 Å². The van der Waals surface area contributed by atoms with E-state index in [4.69, 9.17) is 4.74 Å². The third-order valence-electron chi connectivity index (χ3n) is 4.83. The van der Waals surface area contributed by atoms with Crippen LogP contribution in [-0.2, 0) is 16.6 Å². The second kappa shape index (κ2) is 9.28. The molecule has 2 aromatic rings. The Morgan fingerprint density at radius 3 is 2.37 bits per heavy atom. The maximum atomic E-state index is 13.2. The van der Waals surface area contributed by atoms with Gasteiger partial charge in [-0.15, -0.1) is 0 Å². The zero-order chi connectivity index (χ0) is 21.7. The number of rotatable bonds is 7. The molecule has 1 fully saturated rings. The standard InChI is InChI=1S/C19H23N5O5S/c1-22-9-11-23(12-10-22)30(27,28)19-13-16(24(25)26)5-8-18(19)21-20-14-15-3-6-17(29-2)7-4-15/h3-8,13H,9-12,14H2,1-2H3. The number of likely N-dealkylation sites (N-methyl/N-ethyl adjacent to an activating group) is 1. The van der Waals surface area contributed by atoms with E-state index < -0.39 is 14.9 Å². The van der Waals surface area contributed by atoms with E-state index in [1.54, 1.807) is 19.2 Å². The third-order valence-corrected chi connectivity index (χ3v) is 6.75. The summed E-state index contributed by atoms with van der Waals surface area (Å²) in [6.45, 7) is 2.02. The van der Waals surface area contributed by atoms with Gasteiger partial charge in [0.1, 0.15) is 16.3 Å². The first-order chi connectivity index (χ1) is 14.3. The molecule has 3 rings (SSSR count). The summed E-state index contributed by atoms with van der Waals surface area (Å²) in [5.41, 5.74) is 0.634. The van der Waals surface area contributed by atoms with Gasteiger partial charge in [-0.05, 0) is 30.8 Å². The summed E-state index contributed by atoms with van der Waals surface area (Å²) in [6, 6.07) is 10.8. The van der Waals surface area contributed by atoms with Gasteiger partial charge in [0.05, 0.1) is 18.6 Å². The van der Waals surface area contributed by atoms with Crippen molar-refractivity contribution < 1.29 is 18.1 Å². The van der Waals surface area contributed by atoms with Gasteiger partial charge in [-0.2, -0.15) is 14.5 Å². The number of nitro groups is 1. The molecular formula is C19H23N5O5S. The zero-order valence-electron chi connectivity index (χ0n) is 16.8. The van der Waals surface area contributed by atoms with Gasteiger partial charge in [-0.25, -0.2) is 8.42 Å². The Bertz CT molecular complexity index is 1030. The number of nitrogens with zero attached hydrogens (tertiary/aromatic N) is 5. The second-order valence-corrected chi connectivity index (χ2v) is 8.77. The van der Waals surface area contributed by atoms with Gasteiger partial charge in [0.2, 0.25) is 10.0 Å². The van der Waals surface area contributed by atoms with Gasteiger partial charge < -0.3 is 9.64 Å². The molecule has 0 spiro atoms. The molecule has 0 amide bonds. The molecule has 30 heavy (non-hydrogen) atoms. The predicted octanol–water partition coefficient (Wildman–Crippen LogP) is 2.82. The highest BCUT2D eigenvalue weighted by Crippen LogP contribution is 2.32. The molecule has 10 nitrogen and oxygen atoms in total. The Hall–Kier alpha value is -2.89. The monoisotopic (exact) mass is 433 g/mol. The summed E-state index contributed by atoms with van der Waals surface area (Å²) >= 11 is 0. The molecular weight excluding hydrogens is 410 g/mol. The Balaban J connectivity index is 1.89. The number of hydrogen-bond acceptors (Lipinski definition) is 8. The maximum absolute atomic E-state index is 13.2. The van der Waals surface area contributed by atoms with Crippen LogP contribution in [0.25, 0.3) is 0 Å². The minimum atomic E-state index is -3.94. The van der Waals surface area contributed by atoms with Crippen molar-refractivity contribution in [3.63, 3.8) is 0 Å². The predicted molar refractivity (Wildman–Crippen MR) is 111 cm³/mol. The average molecular weight is 433 g/mol. The van der Waals surface area contributed by atoms with Crippen LogP contribution in [0.5, 0.6) is 5.75 Å². The number of hydrogen-bond donors (Lipinski definition) is 0. The van der Waals surface area contributed by atoms with E-state index in [1.165, 1.54) is 16.4 Å². The van der Waals surface area contributed by atoms with Crippen LogP contribution in [0.1, 0.15) is 5.56 Å². The third kappa shape index (κ3) is 4.99. The number of azo groups is 1. The largest absolute Gasteiger partial charge is 0.497 e. The van der Waals surface area contributed by atoms with Crippen molar-refractivity contribution in [3.05, 3.63) is 58.1 Å². The van der Waals surface area contributed by atoms with Crippen molar-refractivity contribution in [1.82, 2.24) is 9.21 Å². The van der Waals surface area contributed by atoms with Gasteiger partial charge >= 0.3 is 0 Å². The summed E-state index contributed by atoms with van der Waals surface area (Å²) in [5.74, 6) is 0.714. The van der Waals surface area contributed by atoms with Crippen molar-refractivity contribution in [1.29, 1.82) is 0 Å². The molecule has 1 aliphatic heterocycles. The summed E-state index contributed by atoms with van der Waals surface area (Å²) in [5, 5.41) is 19.4. The van der Waals surface area contributed by atoms with Gasteiger partial charge in [-0.1, -0.05) is 12.1 Å². The minimum absolute atomic E-state index is 0.0769.